The Balaban J connectivity index is 1.68. The van der Waals surface area contributed by atoms with Crippen molar-refractivity contribution >= 4 is 17.6 Å². The van der Waals surface area contributed by atoms with Gasteiger partial charge in [0.1, 0.15) is 11.9 Å². The lowest BCUT2D eigenvalue weighted by Crippen LogP contribution is -2.42. The predicted octanol–water partition coefficient (Wildman–Crippen LogP) is 3.13. The van der Waals surface area contributed by atoms with Crippen molar-refractivity contribution in [2.45, 2.75) is 25.9 Å². The summed E-state index contributed by atoms with van der Waals surface area (Å²) in [7, 11) is 0. The summed E-state index contributed by atoms with van der Waals surface area (Å²) in [4.78, 5) is 25.3. The number of carbonyl (C=O) groups is 2. The number of amides is 1. The van der Waals surface area contributed by atoms with Gasteiger partial charge in [0.25, 0.3) is 0 Å². The highest BCUT2D eigenvalue weighted by molar-refractivity contribution is 5.95. The molecule has 0 saturated carbocycles. The van der Waals surface area contributed by atoms with E-state index in [1.807, 2.05) is 31.2 Å². The monoisotopic (exact) mass is 325 g/mol. The summed E-state index contributed by atoms with van der Waals surface area (Å²) in [5.41, 5.74) is 2.01. The molecule has 1 unspecified atom stereocenters. The summed E-state index contributed by atoms with van der Waals surface area (Å²) in [6.07, 6.45) is 0.902. The molecule has 2 aromatic carbocycles. The topological polar surface area (TPSA) is 66.8 Å². The second kappa shape index (κ2) is 6.74. The molecule has 124 valence electrons. The molecule has 1 N–H and O–H groups in total. The summed E-state index contributed by atoms with van der Waals surface area (Å²) in [5.74, 6) is -0.174. The van der Waals surface area contributed by atoms with E-state index >= 15 is 0 Å². The zero-order chi connectivity index (χ0) is 17.1. The van der Waals surface area contributed by atoms with Gasteiger partial charge in [-0.2, -0.15) is 0 Å². The highest BCUT2D eigenvalue weighted by atomic mass is 16.5. The number of nitrogens with zero attached hydrogens (tertiary/aromatic N) is 1. The lowest BCUT2D eigenvalue weighted by atomic mass is 10.1. The number of carboxylic acid groups (broad SMARTS) is 1. The Bertz CT molecular complexity index is 754. The van der Waals surface area contributed by atoms with E-state index in [-0.39, 0.29) is 17.6 Å². The highest BCUT2D eigenvalue weighted by Gasteiger charge is 2.26. The number of anilines is 1. The SMILES string of the molecule is CC1CN(C(=O)CCc2ccc(C(=O)O)cc2)c2ccccc2O1. The molecular weight excluding hydrogens is 306 g/mol. The number of hydrogen-bond donors (Lipinski definition) is 1. The zero-order valence-corrected chi connectivity index (χ0v) is 13.4. The average Bonchev–Trinajstić information content (AvgIpc) is 2.59. The van der Waals surface area contributed by atoms with Crippen molar-refractivity contribution in [3.63, 3.8) is 0 Å². The number of para-hydroxylation sites is 2. The normalized spacial score (nSPS) is 16.2. The molecule has 1 amide bonds. The maximum atomic E-state index is 12.6. The predicted molar refractivity (Wildman–Crippen MR) is 90.6 cm³/mol. The van der Waals surface area contributed by atoms with Gasteiger partial charge in [-0.3, -0.25) is 4.79 Å². The fourth-order valence-electron chi connectivity index (χ4n) is 2.83. The van der Waals surface area contributed by atoms with Crippen LogP contribution in [-0.4, -0.2) is 29.6 Å². The molecule has 0 spiro atoms. The van der Waals surface area contributed by atoms with Crippen LogP contribution in [0.1, 0.15) is 29.3 Å². The molecule has 0 fully saturated rings. The lowest BCUT2D eigenvalue weighted by molar-refractivity contribution is -0.119. The smallest absolute Gasteiger partial charge is 0.335 e. The van der Waals surface area contributed by atoms with Gasteiger partial charge < -0.3 is 14.7 Å². The Labute approximate surface area is 140 Å². The summed E-state index contributed by atoms with van der Waals surface area (Å²) < 4.78 is 5.76. The molecule has 5 heteroatoms. The Morgan fingerprint density at radius 1 is 1.17 bits per heavy atom. The first-order chi connectivity index (χ1) is 11.5. The molecule has 1 aliphatic heterocycles. The van der Waals surface area contributed by atoms with Crippen LogP contribution in [0.3, 0.4) is 0 Å². The van der Waals surface area contributed by atoms with Crippen LogP contribution in [0.15, 0.2) is 48.5 Å². The summed E-state index contributed by atoms with van der Waals surface area (Å²) in [5, 5.41) is 8.91. The fraction of sp³-hybridized carbons (Fsp3) is 0.263. The Kier molecular flexibility index (Phi) is 4.51. The standard InChI is InChI=1S/C19H19NO4/c1-13-12-20(16-4-2-3-5-17(16)24-13)18(21)11-8-14-6-9-15(10-7-14)19(22)23/h2-7,9-10,13H,8,11-12H2,1H3,(H,22,23). The molecular formula is C19H19NO4. The number of carboxylic acids is 1. The second-order valence-corrected chi connectivity index (χ2v) is 5.90. The van der Waals surface area contributed by atoms with Crippen LogP contribution >= 0.6 is 0 Å². The van der Waals surface area contributed by atoms with E-state index in [1.165, 1.54) is 0 Å². The van der Waals surface area contributed by atoms with Crippen LogP contribution in [0.25, 0.3) is 0 Å². The van der Waals surface area contributed by atoms with Crippen LogP contribution < -0.4 is 9.64 Å². The van der Waals surface area contributed by atoms with E-state index < -0.39 is 5.97 Å². The first-order valence-corrected chi connectivity index (χ1v) is 7.93. The molecule has 1 aliphatic rings. The van der Waals surface area contributed by atoms with Crippen molar-refractivity contribution in [1.29, 1.82) is 0 Å². The van der Waals surface area contributed by atoms with Gasteiger partial charge in [0.05, 0.1) is 17.8 Å². The van der Waals surface area contributed by atoms with Crippen molar-refractivity contribution in [2.75, 3.05) is 11.4 Å². The number of ether oxygens (including phenoxy) is 1. The number of fused-ring (bicyclic) bond motifs is 1. The van der Waals surface area contributed by atoms with Gasteiger partial charge in [-0.25, -0.2) is 4.79 Å². The van der Waals surface area contributed by atoms with Crippen LogP contribution in [0, 0.1) is 0 Å². The van der Waals surface area contributed by atoms with E-state index in [2.05, 4.69) is 0 Å². The minimum Gasteiger partial charge on any atom is -0.487 e. The van der Waals surface area contributed by atoms with Crippen LogP contribution in [0.2, 0.25) is 0 Å². The summed E-state index contributed by atoms with van der Waals surface area (Å²) >= 11 is 0. The minimum atomic E-state index is -0.948. The maximum absolute atomic E-state index is 12.6. The van der Waals surface area contributed by atoms with E-state index in [0.717, 1.165) is 17.0 Å². The largest absolute Gasteiger partial charge is 0.487 e. The number of carbonyl (C=O) groups excluding carboxylic acids is 1. The van der Waals surface area contributed by atoms with Crippen molar-refractivity contribution in [3.05, 3.63) is 59.7 Å². The molecule has 5 nitrogen and oxygen atoms in total. The molecule has 0 aliphatic carbocycles. The third-order valence-electron chi connectivity index (χ3n) is 4.05. The van der Waals surface area contributed by atoms with Gasteiger partial charge in [0, 0.05) is 6.42 Å². The third kappa shape index (κ3) is 3.40. The Morgan fingerprint density at radius 3 is 2.58 bits per heavy atom. The molecule has 1 heterocycles. The quantitative estimate of drug-likeness (QED) is 0.938. The summed E-state index contributed by atoms with van der Waals surface area (Å²) in [6.45, 7) is 2.48. The average molecular weight is 325 g/mol. The number of aromatic carboxylic acids is 1. The molecule has 3 rings (SSSR count). The van der Waals surface area contributed by atoms with E-state index in [4.69, 9.17) is 9.84 Å². The highest BCUT2D eigenvalue weighted by Crippen LogP contribution is 2.33. The van der Waals surface area contributed by atoms with Gasteiger partial charge in [-0.05, 0) is 43.2 Å². The minimum absolute atomic E-state index is 0.0416. The van der Waals surface area contributed by atoms with Crippen molar-refractivity contribution in [3.8, 4) is 5.75 Å². The molecule has 0 bridgehead atoms. The zero-order valence-electron chi connectivity index (χ0n) is 13.4. The summed E-state index contributed by atoms with van der Waals surface area (Å²) in [6, 6.07) is 14.2. The van der Waals surface area contributed by atoms with Gasteiger partial charge >= 0.3 is 5.97 Å². The van der Waals surface area contributed by atoms with Gasteiger partial charge in [0.15, 0.2) is 0 Å². The van der Waals surface area contributed by atoms with E-state index in [1.54, 1.807) is 29.2 Å². The van der Waals surface area contributed by atoms with E-state index in [9.17, 15) is 9.59 Å². The van der Waals surface area contributed by atoms with Crippen molar-refractivity contribution < 1.29 is 19.4 Å². The van der Waals surface area contributed by atoms with Crippen molar-refractivity contribution in [1.82, 2.24) is 0 Å². The van der Waals surface area contributed by atoms with Crippen LogP contribution in [0.5, 0.6) is 5.75 Å². The second-order valence-electron chi connectivity index (χ2n) is 5.90. The fourth-order valence-corrected chi connectivity index (χ4v) is 2.83. The lowest BCUT2D eigenvalue weighted by Gasteiger charge is -2.33. The molecule has 0 radical (unpaired) electrons. The van der Waals surface area contributed by atoms with Crippen LogP contribution in [0.4, 0.5) is 5.69 Å². The molecule has 24 heavy (non-hydrogen) atoms. The first kappa shape index (κ1) is 16.1. The number of rotatable bonds is 4. The molecule has 0 aromatic heterocycles. The van der Waals surface area contributed by atoms with Gasteiger partial charge in [-0.15, -0.1) is 0 Å². The Hall–Kier alpha value is -2.82. The molecule has 0 saturated heterocycles. The molecule has 1 atom stereocenters. The number of benzene rings is 2. The third-order valence-corrected chi connectivity index (χ3v) is 4.05. The van der Waals surface area contributed by atoms with Gasteiger partial charge in [-0.1, -0.05) is 24.3 Å². The Morgan fingerprint density at radius 2 is 1.88 bits per heavy atom. The van der Waals surface area contributed by atoms with Gasteiger partial charge in [0.2, 0.25) is 5.91 Å². The maximum Gasteiger partial charge on any atom is 0.335 e. The van der Waals surface area contributed by atoms with Crippen LogP contribution in [-0.2, 0) is 11.2 Å². The van der Waals surface area contributed by atoms with E-state index in [0.29, 0.717) is 19.4 Å². The first-order valence-electron chi connectivity index (χ1n) is 7.93. The van der Waals surface area contributed by atoms with Crippen molar-refractivity contribution in [2.24, 2.45) is 0 Å². The number of hydrogen-bond acceptors (Lipinski definition) is 3. The number of aryl methyl sites for hydroxylation is 1. The molecule has 2 aromatic rings.